The highest BCUT2D eigenvalue weighted by atomic mass is 35.5. The molecule has 0 aliphatic heterocycles. The first-order valence-corrected chi connectivity index (χ1v) is 4.96. The van der Waals surface area contributed by atoms with Gasteiger partial charge in [0.1, 0.15) is 22.8 Å². The third-order valence-electron chi connectivity index (χ3n) is 1.61. The lowest BCUT2D eigenvalue weighted by Gasteiger charge is -2.20. The molecule has 0 radical (unpaired) electrons. The van der Waals surface area contributed by atoms with Gasteiger partial charge in [0.15, 0.2) is 0 Å². The van der Waals surface area contributed by atoms with Crippen LogP contribution in [0.1, 0.15) is 31.1 Å². The van der Waals surface area contributed by atoms with E-state index in [9.17, 15) is 13.6 Å². The second-order valence-corrected chi connectivity index (χ2v) is 4.65. The van der Waals surface area contributed by atoms with Gasteiger partial charge >= 0.3 is 5.97 Å². The Hall–Kier alpha value is -1.16. The van der Waals surface area contributed by atoms with Crippen LogP contribution in [-0.2, 0) is 4.74 Å². The third-order valence-corrected chi connectivity index (χ3v) is 1.91. The smallest absolute Gasteiger partial charge is 0.343 e. The first kappa shape index (κ1) is 12.9. The van der Waals surface area contributed by atoms with Crippen LogP contribution in [0.4, 0.5) is 8.78 Å². The number of esters is 1. The molecule has 88 valence electrons. The number of benzene rings is 1. The fourth-order valence-electron chi connectivity index (χ4n) is 1.07. The molecule has 0 spiro atoms. The van der Waals surface area contributed by atoms with Crippen molar-refractivity contribution in [2.24, 2.45) is 0 Å². The lowest BCUT2D eigenvalue weighted by molar-refractivity contribution is 0.00649. The van der Waals surface area contributed by atoms with Crippen LogP contribution in [-0.4, -0.2) is 11.6 Å². The zero-order valence-electron chi connectivity index (χ0n) is 9.11. The molecule has 0 fully saturated rings. The lowest BCUT2D eigenvalue weighted by Crippen LogP contribution is -2.24. The van der Waals surface area contributed by atoms with E-state index >= 15 is 0 Å². The van der Waals surface area contributed by atoms with Crippen LogP contribution >= 0.6 is 11.6 Å². The predicted molar refractivity (Wildman–Crippen MR) is 56.5 cm³/mol. The first-order valence-electron chi connectivity index (χ1n) is 4.58. The number of hydrogen-bond donors (Lipinski definition) is 0. The Morgan fingerprint density at radius 3 is 2.31 bits per heavy atom. The summed E-state index contributed by atoms with van der Waals surface area (Å²) in [7, 11) is 0. The van der Waals surface area contributed by atoms with E-state index < -0.39 is 28.8 Å². The van der Waals surface area contributed by atoms with Crippen molar-refractivity contribution in [1.82, 2.24) is 0 Å². The van der Waals surface area contributed by atoms with E-state index in [4.69, 9.17) is 16.3 Å². The van der Waals surface area contributed by atoms with Crippen LogP contribution in [0.2, 0.25) is 5.02 Å². The second kappa shape index (κ2) is 4.37. The topological polar surface area (TPSA) is 26.3 Å². The Morgan fingerprint density at radius 1 is 1.31 bits per heavy atom. The molecule has 0 amide bonds. The van der Waals surface area contributed by atoms with Crippen molar-refractivity contribution < 1.29 is 18.3 Å². The maximum Gasteiger partial charge on any atom is 0.343 e. The molecule has 0 saturated carbocycles. The van der Waals surface area contributed by atoms with E-state index in [0.29, 0.717) is 6.07 Å². The zero-order chi connectivity index (χ0) is 12.5. The summed E-state index contributed by atoms with van der Waals surface area (Å²) in [5.41, 5.74) is -1.21. The number of hydrogen-bond acceptors (Lipinski definition) is 2. The molecule has 2 nitrogen and oxygen atoms in total. The average Bonchev–Trinajstić information content (AvgIpc) is 1.96. The van der Waals surface area contributed by atoms with Gasteiger partial charge in [-0.3, -0.25) is 0 Å². The van der Waals surface area contributed by atoms with Crippen molar-refractivity contribution in [1.29, 1.82) is 0 Å². The summed E-state index contributed by atoms with van der Waals surface area (Å²) in [6.07, 6.45) is 0. The van der Waals surface area contributed by atoms with Crippen LogP contribution in [0, 0.1) is 11.6 Å². The number of carbonyl (C=O) groups is 1. The highest BCUT2D eigenvalue weighted by Crippen LogP contribution is 2.23. The fourth-order valence-corrected chi connectivity index (χ4v) is 1.34. The number of rotatable bonds is 1. The quantitative estimate of drug-likeness (QED) is 0.710. The van der Waals surface area contributed by atoms with E-state index in [1.807, 2.05) is 0 Å². The van der Waals surface area contributed by atoms with E-state index in [0.717, 1.165) is 6.07 Å². The van der Waals surface area contributed by atoms with E-state index in [1.165, 1.54) is 0 Å². The third kappa shape index (κ3) is 3.17. The summed E-state index contributed by atoms with van der Waals surface area (Å²) < 4.78 is 31.0. The maximum atomic E-state index is 13.3. The van der Waals surface area contributed by atoms with Crippen LogP contribution in [0.5, 0.6) is 0 Å². The Balaban J connectivity index is 3.10. The standard InChI is InChI=1S/C11H11ClF2O2/c1-11(2,3)16-10(15)9-7(12)4-6(13)5-8(9)14/h4-5H,1-3H3. The highest BCUT2D eigenvalue weighted by molar-refractivity contribution is 6.33. The normalized spacial score (nSPS) is 11.4. The lowest BCUT2D eigenvalue weighted by atomic mass is 10.1. The SMILES string of the molecule is CC(C)(C)OC(=O)c1c(F)cc(F)cc1Cl. The minimum absolute atomic E-state index is 0.299. The second-order valence-electron chi connectivity index (χ2n) is 4.25. The number of carbonyl (C=O) groups excluding carboxylic acids is 1. The van der Waals surface area contributed by atoms with Gasteiger partial charge in [-0.05, 0) is 26.8 Å². The van der Waals surface area contributed by atoms with Crippen molar-refractivity contribution in [3.8, 4) is 0 Å². The monoisotopic (exact) mass is 248 g/mol. The fraction of sp³-hybridized carbons (Fsp3) is 0.364. The van der Waals surface area contributed by atoms with Gasteiger partial charge in [0.2, 0.25) is 0 Å². The molecule has 0 aliphatic carbocycles. The number of ether oxygens (including phenoxy) is 1. The molecule has 0 aromatic heterocycles. The van der Waals surface area contributed by atoms with E-state index in [2.05, 4.69) is 0 Å². The predicted octanol–water partition coefficient (Wildman–Crippen LogP) is 3.57. The van der Waals surface area contributed by atoms with Crippen molar-refractivity contribution in [3.63, 3.8) is 0 Å². The largest absolute Gasteiger partial charge is 0.456 e. The summed E-state index contributed by atoms with van der Waals surface area (Å²) in [6, 6.07) is 1.45. The van der Waals surface area contributed by atoms with Crippen molar-refractivity contribution >= 4 is 17.6 Å². The summed E-state index contributed by atoms with van der Waals surface area (Å²) in [5, 5.41) is -0.299. The minimum Gasteiger partial charge on any atom is -0.456 e. The summed E-state index contributed by atoms with van der Waals surface area (Å²) in [6.45, 7) is 4.92. The van der Waals surface area contributed by atoms with E-state index in [-0.39, 0.29) is 5.02 Å². The average molecular weight is 249 g/mol. The van der Waals surface area contributed by atoms with Gasteiger partial charge in [-0.25, -0.2) is 13.6 Å². The summed E-state index contributed by atoms with van der Waals surface area (Å²) in [5.74, 6) is -2.77. The molecule has 0 atom stereocenters. The Bertz CT molecular complexity index is 401. The molecule has 0 heterocycles. The van der Waals surface area contributed by atoms with Crippen molar-refractivity contribution in [2.45, 2.75) is 26.4 Å². The molecule has 1 rings (SSSR count). The van der Waals surface area contributed by atoms with Gasteiger partial charge in [0.25, 0.3) is 0 Å². The molecule has 0 aliphatic rings. The zero-order valence-corrected chi connectivity index (χ0v) is 9.86. The summed E-state index contributed by atoms with van der Waals surface area (Å²) >= 11 is 5.58. The van der Waals surface area contributed by atoms with Crippen LogP contribution in [0.3, 0.4) is 0 Å². The molecule has 1 aromatic rings. The molecule has 1 aromatic carbocycles. The molecule has 0 bridgehead atoms. The number of halogens is 3. The molecule has 16 heavy (non-hydrogen) atoms. The molecule has 0 unspecified atom stereocenters. The van der Waals surface area contributed by atoms with Crippen LogP contribution < -0.4 is 0 Å². The first-order chi connectivity index (χ1) is 7.20. The Morgan fingerprint density at radius 2 is 1.88 bits per heavy atom. The minimum atomic E-state index is -1.03. The van der Waals surface area contributed by atoms with Crippen LogP contribution in [0.15, 0.2) is 12.1 Å². The van der Waals surface area contributed by atoms with Gasteiger partial charge in [0, 0.05) is 6.07 Å². The maximum absolute atomic E-state index is 13.3. The Labute approximate surface area is 97.2 Å². The summed E-state index contributed by atoms with van der Waals surface area (Å²) in [4.78, 5) is 11.5. The Kier molecular flexibility index (Phi) is 3.53. The molecular formula is C11H11ClF2O2. The van der Waals surface area contributed by atoms with Crippen molar-refractivity contribution in [2.75, 3.05) is 0 Å². The molecular weight excluding hydrogens is 238 g/mol. The van der Waals surface area contributed by atoms with Crippen LogP contribution in [0.25, 0.3) is 0 Å². The van der Waals surface area contributed by atoms with E-state index in [1.54, 1.807) is 20.8 Å². The van der Waals surface area contributed by atoms with Crippen molar-refractivity contribution in [3.05, 3.63) is 34.4 Å². The van der Waals surface area contributed by atoms with Gasteiger partial charge in [-0.15, -0.1) is 0 Å². The molecule has 0 N–H and O–H groups in total. The van der Waals surface area contributed by atoms with Gasteiger partial charge in [-0.2, -0.15) is 0 Å². The highest BCUT2D eigenvalue weighted by Gasteiger charge is 2.23. The molecule has 5 heteroatoms. The van der Waals surface area contributed by atoms with Gasteiger partial charge in [0.05, 0.1) is 5.02 Å². The molecule has 0 saturated heterocycles. The van der Waals surface area contributed by atoms with Gasteiger partial charge < -0.3 is 4.74 Å². The van der Waals surface area contributed by atoms with Gasteiger partial charge in [-0.1, -0.05) is 11.6 Å².